The number of nitrogens with one attached hydrogen (secondary N) is 1. The van der Waals surface area contributed by atoms with Gasteiger partial charge in [-0.3, -0.25) is 0 Å². The summed E-state index contributed by atoms with van der Waals surface area (Å²) in [4.78, 5) is 6.77. The van der Waals surface area contributed by atoms with Gasteiger partial charge in [0.2, 0.25) is 0 Å². The fourth-order valence-electron chi connectivity index (χ4n) is 0.451. The molecule has 0 aliphatic rings. The second-order valence-electron chi connectivity index (χ2n) is 1.37. The molecule has 3 heteroatoms. The van der Waals surface area contributed by atoms with Gasteiger partial charge in [-0.1, -0.05) is 21.9 Å². The molecule has 2 nitrogen and oxygen atoms in total. The Morgan fingerprint density at radius 2 is 2.67 bits per heavy atom. The smallest absolute Gasteiger partial charge is 0.182 e. The Balaban J connectivity index is 2.67. The van der Waals surface area contributed by atoms with E-state index < -0.39 is 0 Å². The molecule has 0 bridgehead atoms. The number of nitrogens with zero attached hydrogens (tertiary/aromatic N) is 1. The molecule has 0 saturated carbocycles. The number of alkyl halides is 1. The number of aromatic amines is 1. The summed E-state index contributed by atoms with van der Waals surface area (Å²) < 4.78 is 0. The predicted molar refractivity (Wildman–Crippen MR) is 39.3 cm³/mol. The summed E-state index contributed by atoms with van der Waals surface area (Å²) in [7, 11) is 0. The number of rotatable bonds is 0. The molecule has 46 valence electrons. The largest absolute Gasteiger partial charge is 0.338 e. The van der Waals surface area contributed by atoms with E-state index >= 15 is 0 Å². The minimum atomic E-state index is 0.688. The summed E-state index contributed by atoms with van der Waals surface area (Å²) in [5, 5.41) is 0.688. The number of imidazole rings is 1. The monoisotopic (exact) mass is 184 g/mol. The summed E-state index contributed by atoms with van der Waals surface area (Å²) in [6.45, 7) is 0. The summed E-state index contributed by atoms with van der Waals surface area (Å²) in [5.41, 5.74) is 0. The van der Waals surface area contributed by atoms with Gasteiger partial charge in [0.15, 0.2) is 5.82 Å². The third-order valence-corrected chi connectivity index (χ3v) is 1.05. The molecule has 0 aromatic carbocycles. The molecule has 0 atom stereocenters. The van der Waals surface area contributed by atoms with E-state index in [1.54, 1.807) is 12.4 Å². The van der Waals surface area contributed by atoms with Crippen LogP contribution in [0.4, 0.5) is 0 Å². The molecule has 0 amide bonds. The van der Waals surface area contributed by atoms with Gasteiger partial charge < -0.3 is 4.98 Å². The van der Waals surface area contributed by atoms with Crippen LogP contribution in [0.3, 0.4) is 0 Å². The first kappa shape index (κ1) is 6.37. The van der Waals surface area contributed by atoms with Crippen LogP contribution in [0, 0.1) is 11.8 Å². The average molecular weight is 185 g/mol. The molecule has 1 aromatic rings. The molecule has 1 aromatic heterocycles. The molecule has 0 spiro atoms. The van der Waals surface area contributed by atoms with E-state index in [0.717, 1.165) is 5.82 Å². The number of H-pyrrole nitrogens is 1. The molecule has 1 N–H and O–H groups in total. The normalized spacial score (nSPS) is 8.11. The van der Waals surface area contributed by atoms with Crippen LogP contribution in [0.2, 0.25) is 0 Å². The lowest BCUT2D eigenvalue weighted by Gasteiger charge is -1.73. The first-order valence-corrected chi connectivity index (χ1v) is 3.60. The van der Waals surface area contributed by atoms with Gasteiger partial charge in [-0.25, -0.2) is 4.98 Å². The third-order valence-electron chi connectivity index (χ3n) is 0.772. The average Bonchev–Trinajstić information content (AvgIpc) is 2.34. The molecule has 0 fully saturated rings. The Hall–Kier alpha value is -0.750. The number of hydrogen-bond donors (Lipinski definition) is 1. The number of aromatic nitrogens is 2. The SMILES string of the molecule is BrCC#Cc1ncc[nH]1. The van der Waals surface area contributed by atoms with Crippen molar-refractivity contribution in [3.05, 3.63) is 18.2 Å². The van der Waals surface area contributed by atoms with Crippen molar-refractivity contribution < 1.29 is 0 Å². The van der Waals surface area contributed by atoms with Crippen LogP contribution in [-0.4, -0.2) is 15.3 Å². The maximum absolute atomic E-state index is 3.90. The molecule has 0 aliphatic heterocycles. The van der Waals surface area contributed by atoms with E-state index in [9.17, 15) is 0 Å². The second-order valence-corrected chi connectivity index (χ2v) is 1.93. The zero-order chi connectivity index (χ0) is 6.53. The van der Waals surface area contributed by atoms with Crippen LogP contribution >= 0.6 is 15.9 Å². The molecule has 0 aliphatic carbocycles. The first-order chi connectivity index (χ1) is 4.43. The zero-order valence-corrected chi connectivity index (χ0v) is 6.27. The van der Waals surface area contributed by atoms with Gasteiger partial charge in [0.05, 0.1) is 5.33 Å². The minimum absolute atomic E-state index is 0.688. The standard InChI is InChI=1S/C6H5BrN2/c7-3-1-2-6-8-4-5-9-6/h4-5H,3H2,(H,8,9). The summed E-state index contributed by atoms with van der Waals surface area (Å²) >= 11 is 3.18. The Kier molecular flexibility index (Phi) is 2.34. The maximum Gasteiger partial charge on any atom is 0.182 e. The molecule has 0 saturated heterocycles. The summed E-state index contributed by atoms with van der Waals surface area (Å²) in [5.74, 6) is 6.35. The highest BCUT2D eigenvalue weighted by Crippen LogP contribution is 1.83. The van der Waals surface area contributed by atoms with Crippen molar-refractivity contribution in [2.75, 3.05) is 5.33 Å². The van der Waals surface area contributed by atoms with E-state index in [1.165, 1.54) is 0 Å². The third kappa shape index (κ3) is 1.90. The highest BCUT2D eigenvalue weighted by atomic mass is 79.9. The Morgan fingerprint density at radius 3 is 3.22 bits per heavy atom. The lowest BCUT2D eigenvalue weighted by atomic mass is 10.6. The molecule has 0 unspecified atom stereocenters. The fraction of sp³-hybridized carbons (Fsp3) is 0.167. The summed E-state index contributed by atoms with van der Waals surface area (Å²) in [6.07, 6.45) is 3.43. The van der Waals surface area contributed by atoms with E-state index in [4.69, 9.17) is 0 Å². The van der Waals surface area contributed by atoms with Crippen LogP contribution in [0.15, 0.2) is 12.4 Å². The van der Waals surface area contributed by atoms with Gasteiger partial charge in [0, 0.05) is 12.4 Å². The lowest BCUT2D eigenvalue weighted by molar-refractivity contribution is 1.25. The van der Waals surface area contributed by atoms with Crippen LogP contribution in [0.5, 0.6) is 0 Å². The lowest BCUT2D eigenvalue weighted by Crippen LogP contribution is -1.74. The van der Waals surface area contributed by atoms with Crippen LogP contribution < -0.4 is 0 Å². The van der Waals surface area contributed by atoms with Crippen LogP contribution in [0.1, 0.15) is 5.82 Å². The van der Waals surface area contributed by atoms with Gasteiger partial charge >= 0.3 is 0 Å². The van der Waals surface area contributed by atoms with E-state index in [-0.39, 0.29) is 0 Å². The van der Waals surface area contributed by atoms with Crippen molar-refractivity contribution in [1.29, 1.82) is 0 Å². The molecule has 9 heavy (non-hydrogen) atoms. The molecule has 1 heterocycles. The Labute approximate surface area is 61.8 Å². The topological polar surface area (TPSA) is 28.7 Å². The summed E-state index contributed by atoms with van der Waals surface area (Å²) in [6, 6.07) is 0. The second kappa shape index (κ2) is 3.31. The van der Waals surface area contributed by atoms with E-state index in [0.29, 0.717) is 5.33 Å². The fourth-order valence-corrected chi connectivity index (χ4v) is 0.591. The van der Waals surface area contributed by atoms with Gasteiger partial charge in [-0.05, 0) is 5.92 Å². The maximum atomic E-state index is 3.90. The van der Waals surface area contributed by atoms with Crippen LogP contribution in [-0.2, 0) is 0 Å². The minimum Gasteiger partial charge on any atom is -0.338 e. The van der Waals surface area contributed by atoms with Crippen molar-refractivity contribution in [3.63, 3.8) is 0 Å². The van der Waals surface area contributed by atoms with Crippen molar-refractivity contribution in [2.45, 2.75) is 0 Å². The van der Waals surface area contributed by atoms with Crippen molar-refractivity contribution in [3.8, 4) is 11.8 Å². The molecule has 1 rings (SSSR count). The van der Waals surface area contributed by atoms with E-state index in [2.05, 4.69) is 37.7 Å². The molecular formula is C6H5BrN2. The zero-order valence-electron chi connectivity index (χ0n) is 4.69. The predicted octanol–water partition coefficient (Wildman–Crippen LogP) is 1.16. The van der Waals surface area contributed by atoms with Crippen LogP contribution in [0.25, 0.3) is 0 Å². The van der Waals surface area contributed by atoms with Crippen molar-refractivity contribution in [1.82, 2.24) is 9.97 Å². The van der Waals surface area contributed by atoms with Crippen molar-refractivity contribution >= 4 is 15.9 Å². The quantitative estimate of drug-likeness (QED) is 0.476. The van der Waals surface area contributed by atoms with E-state index in [1.807, 2.05) is 0 Å². The van der Waals surface area contributed by atoms with Gasteiger partial charge in [0.25, 0.3) is 0 Å². The highest BCUT2D eigenvalue weighted by Gasteiger charge is 1.81. The van der Waals surface area contributed by atoms with Gasteiger partial charge in [0.1, 0.15) is 0 Å². The first-order valence-electron chi connectivity index (χ1n) is 2.47. The molecule has 0 radical (unpaired) electrons. The Bertz CT molecular complexity index is 217. The Morgan fingerprint density at radius 1 is 1.78 bits per heavy atom. The van der Waals surface area contributed by atoms with Gasteiger partial charge in [-0.15, -0.1) is 0 Å². The van der Waals surface area contributed by atoms with Gasteiger partial charge in [-0.2, -0.15) is 0 Å². The van der Waals surface area contributed by atoms with Crippen molar-refractivity contribution in [2.24, 2.45) is 0 Å². The highest BCUT2D eigenvalue weighted by molar-refractivity contribution is 9.09. The number of hydrogen-bond acceptors (Lipinski definition) is 1. The molecular weight excluding hydrogens is 180 g/mol. The number of halogens is 1.